The Kier molecular flexibility index (Phi) is 4.14. The van der Waals surface area contributed by atoms with Crippen molar-refractivity contribution in [1.82, 2.24) is 0 Å². The van der Waals surface area contributed by atoms with Crippen LogP contribution >= 0.6 is 0 Å². The summed E-state index contributed by atoms with van der Waals surface area (Å²) in [6.07, 6.45) is 12.5. The number of carboxylic acids is 1. The molecule has 1 saturated carbocycles. The van der Waals surface area contributed by atoms with E-state index in [-0.39, 0.29) is 0 Å². The van der Waals surface area contributed by atoms with E-state index in [9.17, 15) is 9.90 Å². The maximum Gasteiger partial charge on any atom is 0.313 e. The smallest absolute Gasteiger partial charge is 0.313 e. The molecule has 2 aliphatic rings. The Balaban J connectivity index is 1.97. The molecule has 0 spiro atoms. The van der Waals surface area contributed by atoms with Crippen molar-refractivity contribution < 1.29 is 9.90 Å². The minimum absolute atomic E-state index is 0.669. The summed E-state index contributed by atoms with van der Waals surface area (Å²) in [5.41, 5.74) is 0.472. The van der Waals surface area contributed by atoms with Crippen molar-refractivity contribution in [2.75, 3.05) is 0 Å². The number of aliphatic carboxylic acids is 1. The van der Waals surface area contributed by atoms with E-state index >= 15 is 0 Å². The SMILES string of the molecule is CC(C)(C(=O)O)C1=CCC(C2CCCCC2)CC1. The van der Waals surface area contributed by atoms with Gasteiger partial charge in [0.15, 0.2) is 0 Å². The summed E-state index contributed by atoms with van der Waals surface area (Å²) in [6, 6.07) is 0. The first-order valence-corrected chi connectivity index (χ1v) is 7.44. The van der Waals surface area contributed by atoms with Gasteiger partial charge in [-0.15, -0.1) is 0 Å². The lowest BCUT2D eigenvalue weighted by atomic mass is 9.70. The minimum atomic E-state index is -0.690. The van der Waals surface area contributed by atoms with Gasteiger partial charge in [-0.1, -0.05) is 43.8 Å². The number of rotatable bonds is 3. The van der Waals surface area contributed by atoms with Crippen LogP contribution in [-0.2, 0) is 4.79 Å². The molecular weight excluding hydrogens is 224 g/mol. The fraction of sp³-hybridized carbons (Fsp3) is 0.812. The third kappa shape index (κ3) is 2.78. The largest absolute Gasteiger partial charge is 0.481 e. The second-order valence-corrected chi connectivity index (χ2v) is 6.59. The lowest BCUT2D eigenvalue weighted by Gasteiger charge is -2.35. The van der Waals surface area contributed by atoms with Gasteiger partial charge in [-0.05, 0) is 44.9 Å². The van der Waals surface area contributed by atoms with E-state index in [4.69, 9.17) is 0 Å². The summed E-state index contributed by atoms with van der Waals surface area (Å²) >= 11 is 0. The van der Waals surface area contributed by atoms with Crippen molar-refractivity contribution in [3.8, 4) is 0 Å². The Morgan fingerprint density at radius 2 is 1.83 bits per heavy atom. The molecule has 2 heteroatoms. The summed E-state index contributed by atoms with van der Waals surface area (Å²) in [7, 11) is 0. The first kappa shape index (κ1) is 13.6. The van der Waals surface area contributed by atoms with Crippen LogP contribution in [0.4, 0.5) is 0 Å². The molecule has 1 unspecified atom stereocenters. The predicted molar refractivity (Wildman–Crippen MR) is 73.4 cm³/mol. The van der Waals surface area contributed by atoms with Gasteiger partial charge in [-0.25, -0.2) is 0 Å². The molecule has 0 radical (unpaired) electrons. The number of carboxylic acid groups (broad SMARTS) is 1. The van der Waals surface area contributed by atoms with E-state index in [1.807, 2.05) is 13.8 Å². The van der Waals surface area contributed by atoms with Crippen molar-refractivity contribution in [3.63, 3.8) is 0 Å². The Bertz CT molecular complexity index is 335. The maximum atomic E-state index is 11.3. The van der Waals surface area contributed by atoms with Gasteiger partial charge in [0.1, 0.15) is 0 Å². The van der Waals surface area contributed by atoms with Crippen LogP contribution in [0, 0.1) is 17.3 Å². The molecule has 0 aromatic carbocycles. The van der Waals surface area contributed by atoms with Gasteiger partial charge in [0.2, 0.25) is 0 Å². The summed E-state index contributed by atoms with van der Waals surface area (Å²) in [6.45, 7) is 3.67. The van der Waals surface area contributed by atoms with Gasteiger partial charge < -0.3 is 5.11 Å². The number of hydrogen-bond acceptors (Lipinski definition) is 1. The fourth-order valence-electron chi connectivity index (χ4n) is 3.59. The molecule has 0 heterocycles. The van der Waals surface area contributed by atoms with Gasteiger partial charge in [0.05, 0.1) is 5.41 Å². The van der Waals surface area contributed by atoms with Gasteiger partial charge in [0.25, 0.3) is 0 Å². The third-order valence-corrected chi connectivity index (χ3v) is 5.11. The molecule has 0 aromatic rings. The first-order valence-electron chi connectivity index (χ1n) is 7.44. The molecule has 102 valence electrons. The van der Waals surface area contributed by atoms with Gasteiger partial charge >= 0.3 is 5.97 Å². The van der Waals surface area contributed by atoms with Crippen LogP contribution in [0.3, 0.4) is 0 Å². The summed E-state index contributed by atoms with van der Waals surface area (Å²) in [5.74, 6) is 1.04. The van der Waals surface area contributed by atoms with Crippen molar-refractivity contribution in [3.05, 3.63) is 11.6 Å². The van der Waals surface area contributed by atoms with Crippen LogP contribution in [-0.4, -0.2) is 11.1 Å². The molecule has 0 amide bonds. The molecule has 18 heavy (non-hydrogen) atoms. The van der Waals surface area contributed by atoms with Crippen LogP contribution in [0.2, 0.25) is 0 Å². The Labute approximate surface area is 110 Å². The zero-order valence-corrected chi connectivity index (χ0v) is 11.7. The molecule has 0 aliphatic heterocycles. The molecule has 2 aliphatic carbocycles. The zero-order valence-electron chi connectivity index (χ0n) is 11.7. The lowest BCUT2D eigenvalue weighted by Crippen LogP contribution is -2.29. The van der Waals surface area contributed by atoms with E-state index in [0.717, 1.165) is 30.3 Å². The van der Waals surface area contributed by atoms with Crippen molar-refractivity contribution in [2.45, 2.75) is 65.2 Å². The lowest BCUT2D eigenvalue weighted by molar-refractivity contribution is -0.145. The summed E-state index contributed by atoms with van der Waals surface area (Å²) < 4.78 is 0. The fourth-order valence-corrected chi connectivity index (χ4v) is 3.59. The highest BCUT2D eigenvalue weighted by Crippen LogP contribution is 2.41. The van der Waals surface area contributed by atoms with Crippen molar-refractivity contribution in [2.24, 2.45) is 17.3 Å². The van der Waals surface area contributed by atoms with Crippen molar-refractivity contribution >= 4 is 5.97 Å². The van der Waals surface area contributed by atoms with Crippen LogP contribution in [0.5, 0.6) is 0 Å². The number of allylic oxidation sites excluding steroid dienone is 1. The van der Waals surface area contributed by atoms with Gasteiger partial charge in [-0.2, -0.15) is 0 Å². The monoisotopic (exact) mass is 250 g/mol. The average molecular weight is 250 g/mol. The van der Waals surface area contributed by atoms with E-state index in [2.05, 4.69) is 6.08 Å². The van der Waals surface area contributed by atoms with Crippen molar-refractivity contribution in [1.29, 1.82) is 0 Å². The highest BCUT2D eigenvalue weighted by molar-refractivity contribution is 5.77. The van der Waals surface area contributed by atoms with E-state index in [0.29, 0.717) is 0 Å². The van der Waals surface area contributed by atoms with Crippen LogP contribution in [0.15, 0.2) is 11.6 Å². The highest BCUT2D eigenvalue weighted by atomic mass is 16.4. The second-order valence-electron chi connectivity index (χ2n) is 6.59. The highest BCUT2D eigenvalue weighted by Gasteiger charge is 2.34. The molecule has 1 fully saturated rings. The average Bonchev–Trinajstić information content (AvgIpc) is 2.40. The second kappa shape index (κ2) is 5.46. The van der Waals surface area contributed by atoms with Gasteiger partial charge in [0, 0.05) is 0 Å². The molecule has 0 bridgehead atoms. The Hall–Kier alpha value is -0.790. The number of hydrogen-bond donors (Lipinski definition) is 1. The van der Waals surface area contributed by atoms with Crippen LogP contribution < -0.4 is 0 Å². The van der Waals surface area contributed by atoms with Crippen LogP contribution in [0.25, 0.3) is 0 Å². The standard InChI is InChI=1S/C16H26O2/c1-16(2,15(17)18)14-10-8-13(9-11-14)12-6-4-3-5-7-12/h10,12-13H,3-9,11H2,1-2H3,(H,17,18). The maximum absolute atomic E-state index is 11.3. The Morgan fingerprint density at radius 1 is 1.17 bits per heavy atom. The van der Waals surface area contributed by atoms with Crippen LogP contribution in [0.1, 0.15) is 65.2 Å². The molecule has 0 saturated heterocycles. The summed E-state index contributed by atoms with van der Waals surface area (Å²) in [5, 5.41) is 9.27. The normalized spacial score (nSPS) is 26.8. The quantitative estimate of drug-likeness (QED) is 0.754. The molecule has 2 nitrogen and oxygen atoms in total. The zero-order chi connectivity index (χ0) is 13.2. The molecule has 2 rings (SSSR count). The molecule has 0 aromatic heterocycles. The third-order valence-electron chi connectivity index (χ3n) is 5.11. The molecule has 1 N–H and O–H groups in total. The summed E-state index contributed by atoms with van der Waals surface area (Å²) in [4.78, 5) is 11.3. The van der Waals surface area contributed by atoms with E-state index in [1.165, 1.54) is 38.5 Å². The molecule has 1 atom stereocenters. The first-order chi connectivity index (χ1) is 8.51. The minimum Gasteiger partial charge on any atom is -0.481 e. The Morgan fingerprint density at radius 3 is 2.33 bits per heavy atom. The number of carbonyl (C=O) groups is 1. The molecular formula is C16H26O2. The van der Waals surface area contributed by atoms with E-state index in [1.54, 1.807) is 0 Å². The van der Waals surface area contributed by atoms with Gasteiger partial charge in [-0.3, -0.25) is 4.79 Å². The topological polar surface area (TPSA) is 37.3 Å². The van der Waals surface area contributed by atoms with E-state index < -0.39 is 11.4 Å². The predicted octanol–water partition coefficient (Wildman–Crippen LogP) is 4.40.